The van der Waals surface area contributed by atoms with Crippen LogP contribution in [-0.4, -0.2) is 27.8 Å². The summed E-state index contributed by atoms with van der Waals surface area (Å²) in [5.41, 5.74) is 3.10. The Hall–Kier alpha value is -1.69. The van der Waals surface area contributed by atoms with Gasteiger partial charge in [-0.1, -0.05) is 54.6 Å². The van der Waals surface area contributed by atoms with Crippen molar-refractivity contribution in [1.29, 1.82) is 0 Å². The largest absolute Gasteiger partial charge is 0.375 e. The molecule has 1 N–H and O–H groups in total. The summed E-state index contributed by atoms with van der Waals surface area (Å²) in [7, 11) is -1.74. The number of sulfonamides is 1. The number of hydrogen-bond acceptors (Lipinski definition) is 3. The highest BCUT2D eigenvalue weighted by Crippen LogP contribution is 2.19. The topological polar surface area (TPSA) is 55.4 Å². The van der Waals surface area contributed by atoms with Crippen molar-refractivity contribution in [3.05, 3.63) is 71.3 Å². The van der Waals surface area contributed by atoms with Crippen molar-refractivity contribution in [1.82, 2.24) is 4.72 Å². The minimum atomic E-state index is -3.34. The van der Waals surface area contributed by atoms with E-state index in [0.717, 1.165) is 16.7 Å². The first-order valence-electron chi connectivity index (χ1n) is 7.61. The minimum Gasteiger partial charge on any atom is -0.375 e. The highest BCUT2D eigenvalue weighted by Gasteiger charge is 2.17. The molecular formula is C18H23NO3S. The van der Waals surface area contributed by atoms with E-state index in [4.69, 9.17) is 4.74 Å². The molecule has 0 radical (unpaired) electrons. The predicted molar refractivity (Wildman–Crippen MR) is 92.9 cm³/mol. The smallest absolute Gasteiger partial charge is 0.212 e. The summed E-state index contributed by atoms with van der Waals surface area (Å²) in [5.74, 6) is 0.0707. The summed E-state index contributed by atoms with van der Waals surface area (Å²) in [5, 5.41) is 0. The zero-order valence-corrected chi connectivity index (χ0v) is 14.3. The van der Waals surface area contributed by atoms with E-state index in [1.807, 2.05) is 61.5 Å². The summed E-state index contributed by atoms with van der Waals surface area (Å²) in [6.07, 6.45) is 0.209. The Morgan fingerprint density at radius 3 is 2.35 bits per heavy atom. The molecule has 0 saturated heterocycles. The first kappa shape index (κ1) is 17.7. The summed E-state index contributed by atoms with van der Waals surface area (Å²) >= 11 is 0. The number of ether oxygens (including phenoxy) is 1. The van der Waals surface area contributed by atoms with E-state index in [0.29, 0.717) is 6.42 Å². The van der Waals surface area contributed by atoms with Gasteiger partial charge in [-0.05, 0) is 30.0 Å². The molecule has 1 atom stereocenters. The number of benzene rings is 2. The van der Waals surface area contributed by atoms with Crippen LogP contribution in [0.5, 0.6) is 0 Å². The maximum Gasteiger partial charge on any atom is 0.212 e. The van der Waals surface area contributed by atoms with Crippen molar-refractivity contribution in [3.63, 3.8) is 0 Å². The Bertz CT molecular complexity index is 714. The predicted octanol–water partition coefficient (Wildman–Crippen LogP) is 2.84. The van der Waals surface area contributed by atoms with E-state index < -0.39 is 10.0 Å². The normalized spacial score (nSPS) is 13.0. The SMILES string of the molecule is COC(CNS(=O)(=O)CCc1ccccc1)c1ccccc1C. The zero-order chi connectivity index (χ0) is 16.7. The fourth-order valence-electron chi connectivity index (χ4n) is 2.44. The van der Waals surface area contributed by atoms with Crippen molar-refractivity contribution in [3.8, 4) is 0 Å². The van der Waals surface area contributed by atoms with Gasteiger partial charge in [0.25, 0.3) is 0 Å². The van der Waals surface area contributed by atoms with Gasteiger partial charge in [-0.3, -0.25) is 0 Å². The van der Waals surface area contributed by atoms with Crippen molar-refractivity contribution in [2.45, 2.75) is 19.4 Å². The van der Waals surface area contributed by atoms with Crippen molar-refractivity contribution < 1.29 is 13.2 Å². The lowest BCUT2D eigenvalue weighted by Gasteiger charge is -2.18. The zero-order valence-electron chi connectivity index (χ0n) is 13.5. The van der Waals surface area contributed by atoms with E-state index >= 15 is 0 Å². The van der Waals surface area contributed by atoms with Crippen LogP contribution >= 0.6 is 0 Å². The van der Waals surface area contributed by atoms with E-state index in [9.17, 15) is 8.42 Å². The summed E-state index contributed by atoms with van der Waals surface area (Å²) in [4.78, 5) is 0. The molecular weight excluding hydrogens is 310 g/mol. The average Bonchev–Trinajstić information content (AvgIpc) is 2.56. The maximum absolute atomic E-state index is 12.2. The molecule has 124 valence electrons. The molecule has 0 saturated carbocycles. The third-order valence-electron chi connectivity index (χ3n) is 3.81. The molecule has 2 rings (SSSR count). The molecule has 2 aromatic carbocycles. The minimum absolute atomic E-state index is 0.0707. The van der Waals surface area contributed by atoms with Crippen LogP contribution in [0, 0.1) is 6.92 Å². The second-order valence-electron chi connectivity index (χ2n) is 5.48. The number of rotatable bonds is 8. The highest BCUT2D eigenvalue weighted by atomic mass is 32.2. The third kappa shape index (κ3) is 5.46. The Labute approximate surface area is 138 Å². The molecule has 0 heterocycles. The van der Waals surface area contributed by atoms with Gasteiger partial charge in [0.2, 0.25) is 10.0 Å². The molecule has 4 nitrogen and oxygen atoms in total. The molecule has 0 aliphatic rings. The quantitative estimate of drug-likeness (QED) is 0.808. The van der Waals surface area contributed by atoms with Crippen LogP contribution in [0.4, 0.5) is 0 Å². The number of nitrogens with one attached hydrogen (secondary N) is 1. The monoisotopic (exact) mass is 333 g/mol. The maximum atomic E-state index is 12.2. The van der Waals surface area contributed by atoms with Crippen molar-refractivity contribution in [2.24, 2.45) is 0 Å². The molecule has 5 heteroatoms. The second kappa shape index (κ2) is 8.24. The molecule has 0 amide bonds. The third-order valence-corrected chi connectivity index (χ3v) is 5.16. The van der Waals surface area contributed by atoms with Gasteiger partial charge in [0, 0.05) is 13.7 Å². The van der Waals surface area contributed by atoms with Crippen LogP contribution in [0.15, 0.2) is 54.6 Å². The van der Waals surface area contributed by atoms with Gasteiger partial charge < -0.3 is 4.74 Å². The molecule has 2 aromatic rings. The molecule has 0 fully saturated rings. The van der Waals surface area contributed by atoms with Gasteiger partial charge in [-0.15, -0.1) is 0 Å². The average molecular weight is 333 g/mol. The van der Waals surface area contributed by atoms with Crippen molar-refractivity contribution in [2.75, 3.05) is 19.4 Å². The standard InChI is InChI=1S/C18H23NO3S/c1-15-8-6-7-11-17(15)18(22-2)14-19-23(20,21)13-12-16-9-4-3-5-10-16/h3-11,18-19H,12-14H2,1-2H3. The van der Waals surface area contributed by atoms with Gasteiger partial charge in [0.15, 0.2) is 0 Å². The van der Waals surface area contributed by atoms with E-state index in [1.165, 1.54) is 0 Å². The van der Waals surface area contributed by atoms with Crippen molar-refractivity contribution >= 4 is 10.0 Å². The van der Waals surface area contributed by atoms with E-state index in [2.05, 4.69) is 4.72 Å². The second-order valence-corrected chi connectivity index (χ2v) is 7.41. The summed E-state index contributed by atoms with van der Waals surface area (Å²) in [6.45, 7) is 2.23. The van der Waals surface area contributed by atoms with Crippen LogP contribution in [0.25, 0.3) is 0 Å². The Balaban J connectivity index is 1.93. The Morgan fingerprint density at radius 2 is 1.70 bits per heavy atom. The molecule has 0 aliphatic carbocycles. The fraction of sp³-hybridized carbons (Fsp3) is 0.333. The van der Waals surface area contributed by atoms with E-state index in [-0.39, 0.29) is 18.4 Å². The number of methoxy groups -OCH3 is 1. The lowest BCUT2D eigenvalue weighted by atomic mass is 10.0. The lowest BCUT2D eigenvalue weighted by molar-refractivity contribution is 0.107. The lowest BCUT2D eigenvalue weighted by Crippen LogP contribution is -2.32. The Morgan fingerprint density at radius 1 is 1.04 bits per heavy atom. The number of aryl methyl sites for hydroxylation is 2. The van der Waals surface area contributed by atoms with Crippen LogP contribution in [0.3, 0.4) is 0 Å². The van der Waals surface area contributed by atoms with Gasteiger partial charge in [0.05, 0.1) is 11.9 Å². The molecule has 23 heavy (non-hydrogen) atoms. The first-order valence-corrected chi connectivity index (χ1v) is 9.26. The van der Waals surface area contributed by atoms with E-state index in [1.54, 1.807) is 7.11 Å². The fourth-order valence-corrected chi connectivity index (χ4v) is 3.49. The van der Waals surface area contributed by atoms with Crippen LogP contribution in [0.2, 0.25) is 0 Å². The Kier molecular flexibility index (Phi) is 6.33. The molecule has 0 aliphatic heterocycles. The molecule has 0 bridgehead atoms. The summed E-state index contributed by atoms with van der Waals surface area (Å²) < 4.78 is 32.4. The van der Waals surface area contributed by atoms with Gasteiger partial charge in [-0.2, -0.15) is 0 Å². The molecule has 0 aromatic heterocycles. The molecule has 0 spiro atoms. The van der Waals surface area contributed by atoms with Gasteiger partial charge >= 0.3 is 0 Å². The van der Waals surface area contributed by atoms with Crippen LogP contribution < -0.4 is 4.72 Å². The van der Waals surface area contributed by atoms with Crippen LogP contribution in [-0.2, 0) is 21.2 Å². The first-order chi connectivity index (χ1) is 11.0. The van der Waals surface area contributed by atoms with Gasteiger partial charge in [0.1, 0.15) is 0 Å². The summed E-state index contributed by atoms with van der Waals surface area (Å²) in [6, 6.07) is 17.4. The van der Waals surface area contributed by atoms with Gasteiger partial charge in [-0.25, -0.2) is 13.1 Å². The number of hydrogen-bond donors (Lipinski definition) is 1. The highest BCUT2D eigenvalue weighted by molar-refractivity contribution is 7.89. The molecule has 1 unspecified atom stereocenters. The van der Waals surface area contributed by atoms with Crippen LogP contribution in [0.1, 0.15) is 22.8 Å².